The molecule has 0 fully saturated rings. The number of phenols is 7. The van der Waals surface area contributed by atoms with Crippen LogP contribution in [0.1, 0.15) is 39.8 Å². The fraction of sp³-hybridized carbons (Fsp3) is 0.200. The third-order valence-electron chi connectivity index (χ3n) is 8.03. The molecular weight excluding hydrogens is 552 g/mol. The summed E-state index contributed by atoms with van der Waals surface area (Å²) in [5.41, 5.74) is 0.842. The molecule has 4 aromatic carbocycles. The Morgan fingerprint density at radius 1 is 0.643 bits per heavy atom. The first kappa shape index (κ1) is 25.7. The normalized spacial score (nSPS) is 25.2. The Morgan fingerprint density at radius 2 is 1.31 bits per heavy atom. The summed E-state index contributed by atoms with van der Waals surface area (Å²) < 4.78 is 18.6. The van der Waals surface area contributed by atoms with Gasteiger partial charge in [0.05, 0.1) is 12.0 Å². The molecule has 0 saturated carbocycles. The first-order valence-corrected chi connectivity index (χ1v) is 12.9. The molecule has 0 spiro atoms. The molecule has 5 atom stereocenters. The second-order valence-corrected chi connectivity index (χ2v) is 10.5. The van der Waals surface area contributed by atoms with Crippen molar-refractivity contribution in [1.29, 1.82) is 0 Å². The number of aromatic hydroxyl groups is 7. The van der Waals surface area contributed by atoms with E-state index in [9.17, 15) is 46.0 Å². The van der Waals surface area contributed by atoms with Gasteiger partial charge in [-0.3, -0.25) is 0 Å². The van der Waals surface area contributed by atoms with Crippen molar-refractivity contribution in [2.45, 2.75) is 36.4 Å². The molecule has 42 heavy (non-hydrogen) atoms. The molecule has 3 aliphatic heterocycles. The molecule has 9 N–H and O–H groups in total. The van der Waals surface area contributed by atoms with Crippen molar-refractivity contribution in [3.63, 3.8) is 0 Å². The van der Waals surface area contributed by atoms with Crippen molar-refractivity contribution in [2.75, 3.05) is 0 Å². The van der Waals surface area contributed by atoms with Crippen LogP contribution in [-0.4, -0.2) is 58.2 Å². The van der Waals surface area contributed by atoms with E-state index in [1.807, 2.05) is 0 Å². The van der Waals surface area contributed by atoms with Gasteiger partial charge in [0.15, 0.2) is 23.0 Å². The van der Waals surface area contributed by atoms with Gasteiger partial charge < -0.3 is 60.2 Å². The molecule has 216 valence electrons. The van der Waals surface area contributed by atoms with Gasteiger partial charge in [-0.05, 0) is 35.9 Å². The van der Waals surface area contributed by atoms with Crippen LogP contribution in [0.5, 0.6) is 57.5 Å². The van der Waals surface area contributed by atoms with E-state index >= 15 is 0 Å². The summed E-state index contributed by atoms with van der Waals surface area (Å²) in [4.78, 5) is 0. The highest BCUT2D eigenvalue weighted by Crippen LogP contribution is 2.62. The summed E-state index contributed by atoms with van der Waals surface area (Å²) in [6.45, 7) is 0. The van der Waals surface area contributed by atoms with Gasteiger partial charge in [-0.2, -0.15) is 0 Å². The van der Waals surface area contributed by atoms with Crippen LogP contribution < -0.4 is 14.2 Å². The number of aliphatic hydroxyl groups is 2. The number of benzene rings is 4. The number of fused-ring (bicyclic) bond motifs is 8. The lowest BCUT2D eigenvalue weighted by Gasteiger charge is -2.50. The highest BCUT2D eigenvalue weighted by Gasteiger charge is 2.60. The van der Waals surface area contributed by atoms with Gasteiger partial charge in [-0.25, -0.2) is 0 Å². The molecule has 0 aliphatic carbocycles. The molecule has 2 bridgehead atoms. The molecule has 4 aromatic rings. The Hall–Kier alpha value is -5.20. The largest absolute Gasteiger partial charge is 0.508 e. The number of hydrogen-bond acceptors (Lipinski definition) is 12. The van der Waals surface area contributed by atoms with Crippen LogP contribution in [0.15, 0.2) is 54.6 Å². The summed E-state index contributed by atoms with van der Waals surface area (Å²) in [7, 11) is 0. The summed E-state index contributed by atoms with van der Waals surface area (Å²) >= 11 is 0. The fourth-order valence-corrected chi connectivity index (χ4v) is 6.09. The van der Waals surface area contributed by atoms with E-state index in [0.29, 0.717) is 5.56 Å². The molecule has 7 rings (SSSR count). The second-order valence-electron chi connectivity index (χ2n) is 10.5. The van der Waals surface area contributed by atoms with Gasteiger partial charge in [0.2, 0.25) is 0 Å². The third kappa shape index (κ3) is 3.49. The molecular formula is C30H24O12. The van der Waals surface area contributed by atoms with Gasteiger partial charge in [-0.15, -0.1) is 0 Å². The number of phenolic OH excluding ortho intramolecular Hbond substituents is 7. The molecule has 3 unspecified atom stereocenters. The maximum atomic E-state index is 11.9. The molecule has 12 nitrogen and oxygen atoms in total. The predicted molar refractivity (Wildman–Crippen MR) is 141 cm³/mol. The van der Waals surface area contributed by atoms with E-state index in [2.05, 4.69) is 0 Å². The van der Waals surface area contributed by atoms with Gasteiger partial charge in [0, 0.05) is 46.9 Å². The van der Waals surface area contributed by atoms with E-state index in [0.717, 1.165) is 12.1 Å². The van der Waals surface area contributed by atoms with E-state index in [4.69, 9.17) is 14.2 Å². The van der Waals surface area contributed by atoms with E-state index in [-0.39, 0.29) is 63.2 Å². The molecule has 0 aromatic heterocycles. The topological polar surface area (TPSA) is 210 Å². The molecule has 3 heterocycles. The number of hydrogen-bond donors (Lipinski definition) is 9. The van der Waals surface area contributed by atoms with E-state index in [1.165, 1.54) is 42.5 Å². The molecule has 0 amide bonds. The average molecular weight is 577 g/mol. The van der Waals surface area contributed by atoms with Gasteiger partial charge in [-0.1, -0.05) is 6.07 Å². The zero-order valence-electron chi connectivity index (χ0n) is 21.5. The van der Waals surface area contributed by atoms with Crippen LogP contribution in [0, 0.1) is 0 Å². The summed E-state index contributed by atoms with van der Waals surface area (Å²) in [5, 5.41) is 95.1. The van der Waals surface area contributed by atoms with Crippen molar-refractivity contribution < 1.29 is 60.2 Å². The third-order valence-corrected chi connectivity index (χ3v) is 8.03. The van der Waals surface area contributed by atoms with Crippen LogP contribution in [0.25, 0.3) is 0 Å². The number of aliphatic hydroxyl groups excluding tert-OH is 2. The lowest BCUT2D eigenvalue weighted by molar-refractivity contribution is -0.219. The molecule has 0 saturated heterocycles. The lowest BCUT2D eigenvalue weighted by atomic mass is 9.74. The van der Waals surface area contributed by atoms with Crippen LogP contribution in [0.4, 0.5) is 0 Å². The monoisotopic (exact) mass is 576 g/mol. The first-order valence-electron chi connectivity index (χ1n) is 12.9. The number of rotatable bonds is 2. The first-order chi connectivity index (χ1) is 20.0. The summed E-state index contributed by atoms with van der Waals surface area (Å²) in [6, 6.07) is 11.1. The van der Waals surface area contributed by atoms with Gasteiger partial charge >= 0.3 is 5.79 Å². The standard InChI is InChI=1S/C30H24O12/c31-13-7-20(37)24-22(8-13)41-30(12-2-4-16(33)19(36)6-12)29(39)26(24)25-23(42-30)10-17(34)14-9-21(38)27(40-28(14)25)11-1-3-15(32)18(35)5-11/h1-8,10,21,26-27,29,31-39H,9H2/t21-,26?,27?,29-,30?/m1/s1. The molecule has 0 radical (unpaired) electrons. The lowest BCUT2D eigenvalue weighted by Crippen LogP contribution is -2.57. The Balaban J connectivity index is 1.47. The molecule has 3 aliphatic rings. The van der Waals surface area contributed by atoms with Crippen LogP contribution in [-0.2, 0) is 12.2 Å². The zero-order valence-corrected chi connectivity index (χ0v) is 21.5. The van der Waals surface area contributed by atoms with Gasteiger partial charge in [0.1, 0.15) is 46.7 Å². The predicted octanol–water partition coefficient (Wildman–Crippen LogP) is 2.79. The van der Waals surface area contributed by atoms with Crippen molar-refractivity contribution >= 4 is 0 Å². The Labute approximate surface area is 236 Å². The summed E-state index contributed by atoms with van der Waals surface area (Å²) in [6.07, 6.45) is -4.00. The van der Waals surface area contributed by atoms with Crippen molar-refractivity contribution in [3.05, 3.63) is 82.4 Å². The Morgan fingerprint density at radius 3 is 2.00 bits per heavy atom. The summed E-state index contributed by atoms with van der Waals surface area (Å²) in [5.74, 6) is -6.11. The van der Waals surface area contributed by atoms with Crippen molar-refractivity contribution in [2.24, 2.45) is 0 Å². The SMILES string of the molecule is Oc1cc(O)c2c(c1)OC1(c3ccc(O)c(O)c3)Oc3cc(O)c4c(c3C2[C@H]1O)OC(c1ccc(O)c(O)c1)[C@H](O)C4. The average Bonchev–Trinajstić information content (AvgIpc) is 2.92. The highest BCUT2D eigenvalue weighted by atomic mass is 16.7. The van der Waals surface area contributed by atoms with E-state index < -0.39 is 53.0 Å². The number of ether oxygens (including phenoxy) is 3. The van der Waals surface area contributed by atoms with Crippen LogP contribution in [0.3, 0.4) is 0 Å². The minimum absolute atomic E-state index is 0.0177. The smallest absolute Gasteiger partial charge is 0.305 e. The van der Waals surface area contributed by atoms with E-state index in [1.54, 1.807) is 0 Å². The van der Waals surface area contributed by atoms with Crippen LogP contribution >= 0.6 is 0 Å². The highest BCUT2D eigenvalue weighted by molar-refractivity contribution is 5.68. The second kappa shape index (κ2) is 8.65. The minimum Gasteiger partial charge on any atom is -0.508 e. The maximum absolute atomic E-state index is 11.9. The Bertz CT molecular complexity index is 1790. The van der Waals surface area contributed by atoms with Crippen molar-refractivity contribution in [1.82, 2.24) is 0 Å². The quantitative estimate of drug-likeness (QED) is 0.158. The zero-order chi connectivity index (χ0) is 29.7. The molecule has 12 heteroatoms. The Kier molecular flexibility index (Phi) is 5.30. The van der Waals surface area contributed by atoms with Crippen molar-refractivity contribution in [3.8, 4) is 57.5 Å². The minimum atomic E-state index is -2.09. The van der Waals surface area contributed by atoms with Gasteiger partial charge in [0.25, 0.3) is 0 Å². The van der Waals surface area contributed by atoms with Crippen LogP contribution in [0.2, 0.25) is 0 Å². The maximum Gasteiger partial charge on any atom is 0.305 e. The fourth-order valence-electron chi connectivity index (χ4n) is 6.09.